The van der Waals surface area contributed by atoms with Crippen LogP contribution >= 0.6 is 27.5 Å². The summed E-state index contributed by atoms with van der Waals surface area (Å²) in [7, 11) is 0. The van der Waals surface area contributed by atoms with E-state index in [1.807, 2.05) is 0 Å². The molecule has 1 rings (SSSR count). The monoisotopic (exact) mass is 293 g/mol. The lowest BCUT2D eigenvalue weighted by molar-refractivity contribution is -0.118. The van der Waals surface area contributed by atoms with Crippen molar-refractivity contribution < 1.29 is 9.18 Å². The molecule has 1 aromatic rings. The number of alkyl halides is 1. The quantitative estimate of drug-likeness (QED) is 0.851. The molecular formula is C10H10BrClFNO. The minimum Gasteiger partial charge on any atom is -0.326 e. The van der Waals surface area contributed by atoms with Crippen LogP contribution < -0.4 is 5.32 Å². The van der Waals surface area contributed by atoms with E-state index in [1.54, 1.807) is 6.92 Å². The summed E-state index contributed by atoms with van der Waals surface area (Å²) in [5.74, 6) is -0.550. The maximum absolute atomic E-state index is 12.9. The zero-order valence-corrected chi connectivity index (χ0v) is 10.4. The maximum atomic E-state index is 12.9. The number of nitrogens with one attached hydrogen (secondary N) is 1. The first-order valence-corrected chi connectivity index (χ1v) is 5.69. The Hall–Kier alpha value is -0.610. The van der Waals surface area contributed by atoms with Gasteiger partial charge in [0.1, 0.15) is 5.82 Å². The van der Waals surface area contributed by atoms with E-state index in [4.69, 9.17) is 11.6 Å². The third kappa shape index (κ3) is 3.47. The summed E-state index contributed by atoms with van der Waals surface area (Å²) < 4.78 is 13.2. The predicted octanol–water partition coefficient (Wildman–Crippen LogP) is 3.40. The van der Waals surface area contributed by atoms with Gasteiger partial charge in [-0.3, -0.25) is 4.79 Å². The Balaban J connectivity index is 2.73. The molecule has 82 valence electrons. The minimum atomic E-state index is -0.363. The molecule has 1 unspecified atom stereocenters. The third-order valence-electron chi connectivity index (χ3n) is 1.87. The molecule has 1 aromatic carbocycles. The van der Waals surface area contributed by atoms with Crippen molar-refractivity contribution in [2.75, 3.05) is 11.2 Å². The summed E-state index contributed by atoms with van der Waals surface area (Å²) in [6.07, 6.45) is 0. The highest BCUT2D eigenvalue weighted by atomic mass is 79.9. The van der Waals surface area contributed by atoms with Gasteiger partial charge >= 0.3 is 0 Å². The fraction of sp³-hybridized carbons (Fsp3) is 0.300. The second-order valence-corrected chi connectivity index (χ2v) is 4.34. The average molecular weight is 295 g/mol. The van der Waals surface area contributed by atoms with Gasteiger partial charge in [-0.2, -0.15) is 0 Å². The average Bonchev–Trinajstić information content (AvgIpc) is 2.22. The molecule has 0 spiro atoms. The van der Waals surface area contributed by atoms with Gasteiger partial charge in [-0.25, -0.2) is 4.39 Å². The van der Waals surface area contributed by atoms with E-state index in [0.29, 0.717) is 10.2 Å². The first kappa shape index (κ1) is 12.5. The molecule has 0 bridgehead atoms. The van der Waals surface area contributed by atoms with Gasteiger partial charge in [0, 0.05) is 17.5 Å². The normalized spacial score (nSPS) is 12.3. The summed E-state index contributed by atoms with van der Waals surface area (Å²) in [6, 6.07) is 4.29. The standard InChI is InChI=1S/C10H10BrClFNO/c1-6(5-12)10(15)14-7-2-3-9(13)8(11)4-7/h2-4,6H,5H2,1H3,(H,14,15). The molecule has 0 fully saturated rings. The molecule has 0 aliphatic heterocycles. The van der Waals surface area contributed by atoms with Crippen LogP contribution in [0.2, 0.25) is 0 Å². The highest BCUT2D eigenvalue weighted by molar-refractivity contribution is 9.10. The minimum absolute atomic E-state index is 0.177. The summed E-state index contributed by atoms with van der Waals surface area (Å²) in [5, 5.41) is 2.64. The lowest BCUT2D eigenvalue weighted by Gasteiger charge is -2.09. The Kier molecular flexibility index (Phi) is 4.54. The highest BCUT2D eigenvalue weighted by Gasteiger charge is 2.11. The third-order valence-corrected chi connectivity index (χ3v) is 2.94. The maximum Gasteiger partial charge on any atom is 0.228 e. The van der Waals surface area contributed by atoms with E-state index in [2.05, 4.69) is 21.2 Å². The van der Waals surface area contributed by atoms with Gasteiger partial charge in [0.2, 0.25) is 5.91 Å². The van der Waals surface area contributed by atoms with E-state index in [9.17, 15) is 9.18 Å². The molecule has 1 atom stereocenters. The molecule has 0 saturated heterocycles. The van der Waals surface area contributed by atoms with Crippen LogP contribution in [0.15, 0.2) is 22.7 Å². The molecule has 1 N–H and O–H groups in total. The van der Waals surface area contributed by atoms with Crippen LogP contribution in [0.4, 0.5) is 10.1 Å². The van der Waals surface area contributed by atoms with Crippen LogP contribution in [-0.4, -0.2) is 11.8 Å². The van der Waals surface area contributed by atoms with Gasteiger partial charge in [0.25, 0.3) is 0 Å². The molecule has 0 aromatic heterocycles. The largest absolute Gasteiger partial charge is 0.326 e. The molecule has 0 saturated carbocycles. The van der Waals surface area contributed by atoms with Crippen molar-refractivity contribution in [3.8, 4) is 0 Å². The fourth-order valence-electron chi connectivity index (χ4n) is 0.909. The van der Waals surface area contributed by atoms with E-state index < -0.39 is 0 Å². The van der Waals surface area contributed by atoms with Gasteiger partial charge in [-0.1, -0.05) is 6.92 Å². The van der Waals surface area contributed by atoms with Crippen LogP contribution in [0.3, 0.4) is 0 Å². The topological polar surface area (TPSA) is 29.1 Å². The van der Waals surface area contributed by atoms with Crippen LogP contribution in [0, 0.1) is 11.7 Å². The summed E-state index contributed by atoms with van der Waals surface area (Å²) in [4.78, 5) is 11.4. The van der Waals surface area contributed by atoms with E-state index >= 15 is 0 Å². The first-order chi connectivity index (χ1) is 7.04. The van der Waals surface area contributed by atoms with Crippen molar-refractivity contribution in [3.05, 3.63) is 28.5 Å². The number of carbonyl (C=O) groups excluding carboxylic acids is 1. The van der Waals surface area contributed by atoms with Crippen molar-refractivity contribution in [2.24, 2.45) is 5.92 Å². The molecule has 0 radical (unpaired) electrons. The van der Waals surface area contributed by atoms with Gasteiger partial charge in [0.15, 0.2) is 0 Å². The molecule has 0 aliphatic carbocycles. The Morgan fingerprint density at radius 2 is 2.33 bits per heavy atom. The van der Waals surface area contributed by atoms with Crippen LogP contribution in [0.1, 0.15) is 6.92 Å². The molecule has 2 nitrogen and oxygen atoms in total. The van der Waals surface area contributed by atoms with Gasteiger partial charge in [0.05, 0.1) is 4.47 Å². The lowest BCUT2D eigenvalue weighted by Crippen LogP contribution is -2.21. The van der Waals surface area contributed by atoms with Gasteiger partial charge < -0.3 is 5.32 Å². The van der Waals surface area contributed by atoms with Crippen molar-refractivity contribution in [1.29, 1.82) is 0 Å². The molecule has 1 amide bonds. The number of benzene rings is 1. The number of hydrogen-bond donors (Lipinski definition) is 1. The molecule has 0 heterocycles. The smallest absolute Gasteiger partial charge is 0.228 e. The second-order valence-electron chi connectivity index (χ2n) is 3.17. The number of hydrogen-bond acceptors (Lipinski definition) is 1. The molecular weight excluding hydrogens is 284 g/mol. The van der Waals surface area contributed by atoms with Crippen LogP contribution in [0.25, 0.3) is 0 Å². The zero-order chi connectivity index (χ0) is 11.4. The summed E-state index contributed by atoms with van der Waals surface area (Å²) >= 11 is 8.58. The summed E-state index contributed by atoms with van der Waals surface area (Å²) in [5.41, 5.74) is 0.547. The van der Waals surface area contributed by atoms with Crippen molar-refractivity contribution in [1.82, 2.24) is 0 Å². The first-order valence-electron chi connectivity index (χ1n) is 4.36. The van der Waals surface area contributed by atoms with Crippen molar-refractivity contribution >= 4 is 39.1 Å². The number of anilines is 1. The Bertz CT molecular complexity index is 372. The highest BCUT2D eigenvalue weighted by Crippen LogP contribution is 2.20. The van der Waals surface area contributed by atoms with Crippen molar-refractivity contribution in [3.63, 3.8) is 0 Å². The van der Waals surface area contributed by atoms with Crippen LogP contribution in [-0.2, 0) is 4.79 Å². The van der Waals surface area contributed by atoms with E-state index in [-0.39, 0.29) is 23.5 Å². The fourth-order valence-corrected chi connectivity index (χ4v) is 1.43. The van der Waals surface area contributed by atoms with Gasteiger partial charge in [-0.05, 0) is 34.1 Å². The number of halogens is 3. The zero-order valence-electron chi connectivity index (χ0n) is 8.06. The Morgan fingerprint density at radius 1 is 1.67 bits per heavy atom. The Morgan fingerprint density at radius 3 is 2.87 bits per heavy atom. The lowest BCUT2D eigenvalue weighted by atomic mass is 10.2. The number of carbonyl (C=O) groups is 1. The van der Waals surface area contributed by atoms with E-state index in [1.165, 1.54) is 18.2 Å². The number of rotatable bonds is 3. The predicted molar refractivity (Wildman–Crippen MR) is 62.6 cm³/mol. The molecule has 15 heavy (non-hydrogen) atoms. The summed E-state index contributed by atoms with van der Waals surface area (Å²) in [6.45, 7) is 1.72. The van der Waals surface area contributed by atoms with Crippen LogP contribution in [0.5, 0.6) is 0 Å². The van der Waals surface area contributed by atoms with Gasteiger partial charge in [-0.15, -0.1) is 11.6 Å². The molecule has 0 aliphatic rings. The Labute approximate surface area is 101 Å². The second kappa shape index (κ2) is 5.47. The molecule has 5 heteroatoms. The van der Waals surface area contributed by atoms with E-state index in [0.717, 1.165) is 0 Å². The van der Waals surface area contributed by atoms with Crippen molar-refractivity contribution in [2.45, 2.75) is 6.92 Å². The SMILES string of the molecule is CC(CCl)C(=O)Nc1ccc(F)c(Br)c1. The number of amides is 1.